The molecular weight excluding hydrogens is 412 g/mol. The number of aromatic nitrogens is 4. The van der Waals surface area contributed by atoms with Gasteiger partial charge in [0, 0.05) is 23.6 Å². The zero-order chi connectivity index (χ0) is 22.2. The van der Waals surface area contributed by atoms with Crippen LogP contribution in [0.15, 0.2) is 59.0 Å². The fourth-order valence-corrected chi connectivity index (χ4v) is 3.36. The topological polar surface area (TPSA) is 123 Å². The first-order valence-electron chi connectivity index (χ1n) is 9.91. The lowest BCUT2D eigenvalue weighted by Gasteiger charge is -2.10. The standard InChI is InChI=1S/C21H26N8OS/c1-4-14(2)16-5-7-18(8-6-16)24-19(30)13-31-21-28-27-20(29(21)22)26-25-15(3)17-9-11-23-12-10-17/h5-12,14H,4,13,22H2,1-3H3,(H,24,30)(H,26,27)/b25-15+. The molecule has 0 saturated carbocycles. The maximum Gasteiger partial charge on any atom is 0.264 e. The van der Waals surface area contributed by atoms with Gasteiger partial charge >= 0.3 is 0 Å². The largest absolute Gasteiger partial charge is 0.334 e. The Morgan fingerprint density at radius 2 is 1.90 bits per heavy atom. The molecule has 0 bridgehead atoms. The van der Waals surface area contributed by atoms with Crippen LogP contribution in [0.1, 0.15) is 44.2 Å². The Morgan fingerprint density at radius 1 is 1.19 bits per heavy atom. The van der Waals surface area contributed by atoms with Crippen molar-refractivity contribution >= 4 is 35.0 Å². The van der Waals surface area contributed by atoms with Crippen molar-refractivity contribution in [3.8, 4) is 0 Å². The molecule has 0 saturated heterocycles. The molecular formula is C21H26N8OS. The van der Waals surface area contributed by atoms with Crippen LogP contribution in [0, 0.1) is 0 Å². The van der Waals surface area contributed by atoms with Crippen LogP contribution in [0.25, 0.3) is 0 Å². The summed E-state index contributed by atoms with van der Waals surface area (Å²) >= 11 is 1.19. The Kier molecular flexibility index (Phi) is 7.60. The highest BCUT2D eigenvalue weighted by Gasteiger charge is 2.12. The summed E-state index contributed by atoms with van der Waals surface area (Å²) in [6.45, 7) is 6.19. The van der Waals surface area contributed by atoms with Crippen molar-refractivity contribution in [3.63, 3.8) is 0 Å². The first-order valence-corrected chi connectivity index (χ1v) is 10.9. The van der Waals surface area contributed by atoms with E-state index in [1.807, 2.05) is 43.3 Å². The molecule has 2 heterocycles. The summed E-state index contributed by atoms with van der Waals surface area (Å²) in [5, 5.41) is 15.5. The SMILES string of the molecule is CCC(C)c1ccc(NC(=O)CSc2nnc(N/N=C(\C)c3ccncc3)n2N)cc1. The van der Waals surface area contributed by atoms with Crippen molar-refractivity contribution in [1.29, 1.82) is 0 Å². The van der Waals surface area contributed by atoms with Crippen LogP contribution < -0.4 is 16.6 Å². The van der Waals surface area contributed by atoms with E-state index in [9.17, 15) is 4.79 Å². The van der Waals surface area contributed by atoms with Gasteiger partial charge in [0.15, 0.2) is 0 Å². The summed E-state index contributed by atoms with van der Waals surface area (Å²) < 4.78 is 1.27. The number of thioether (sulfide) groups is 1. The Labute approximate surface area is 185 Å². The molecule has 31 heavy (non-hydrogen) atoms. The van der Waals surface area contributed by atoms with Crippen molar-refractivity contribution in [2.24, 2.45) is 5.10 Å². The first-order chi connectivity index (χ1) is 15.0. The van der Waals surface area contributed by atoms with Crippen molar-refractivity contribution in [2.75, 3.05) is 22.3 Å². The predicted octanol–water partition coefficient (Wildman–Crippen LogP) is 3.47. The fraction of sp³-hybridized carbons (Fsp3) is 0.286. The quantitative estimate of drug-likeness (QED) is 0.202. The number of pyridine rings is 1. The number of benzene rings is 1. The molecule has 0 aliphatic heterocycles. The number of anilines is 2. The number of rotatable bonds is 9. The second-order valence-electron chi connectivity index (χ2n) is 6.99. The Bertz CT molecular complexity index is 1030. The van der Waals surface area contributed by atoms with Crippen molar-refractivity contribution in [2.45, 2.75) is 38.3 Å². The second-order valence-corrected chi connectivity index (χ2v) is 7.93. The van der Waals surface area contributed by atoms with Gasteiger partial charge in [0.05, 0.1) is 11.5 Å². The second kappa shape index (κ2) is 10.6. The Morgan fingerprint density at radius 3 is 2.58 bits per heavy atom. The normalized spacial score (nSPS) is 12.4. The molecule has 0 aliphatic rings. The molecule has 162 valence electrons. The summed E-state index contributed by atoms with van der Waals surface area (Å²) in [4.78, 5) is 16.3. The number of amides is 1. The minimum absolute atomic E-state index is 0.148. The molecule has 2 aromatic heterocycles. The van der Waals surface area contributed by atoms with E-state index in [4.69, 9.17) is 5.84 Å². The molecule has 1 aromatic carbocycles. The van der Waals surface area contributed by atoms with Crippen LogP contribution in [0.3, 0.4) is 0 Å². The molecule has 3 aromatic rings. The maximum absolute atomic E-state index is 12.3. The molecule has 9 nitrogen and oxygen atoms in total. The number of hydrazone groups is 1. The van der Waals surface area contributed by atoms with Gasteiger partial charge in [-0.05, 0) is 49.1 Å². The average Bonchev–Trinajstić information content (AvgIpc) is 3.15. The number of nitrogens with two attached hydrogens (primary N) is 1. The number of nitrogen functional groups attached to an aromatic ring is 1. The molecule has 1 unspecified atom stereocenters. The first kappa shape index (κ1) is 22.3. The van der Waals surface area contributed by atoms with Gasteiger partial charge in [-0.15, -0.1) is 10.2 Å². The van der Waals surface area contributed by atoms with Crippen LogP contribution in [-0.4, -0.2) is 37.2 Å². The van der Waals surface area contributed by atoms with E-state index in [1.54, 1.807) is 12.4 Å². The van der Waals surface area contributed by atoms with Crippen molar-refractivity contribution in [1.82, 2.24) is 19.9 Å². The zero-order valence-corrected chi connectivity index (χ0v) is 18.6. The van der Waals surface area contributed by atoms with Gasteiger partial charge in [-0.25, -0.2) is 10.1 Å². The summed E-state index contributed by atoms with van der Waals surface area (Å²) in [6, 6.07) is 11.6. The molecule has 10 heteroatoms. The number of carbonyl (C=O) groups excluding carboxylic acids is 1. The minimum atomic E-state index is -0.148. The lowest BCUT2D eigenvalue weighted by molar-refractivity contribution is -0.113. The van der Waals surface area contributed by atoms with E-state index >= 15 is 0 Å². The van der Waals surface area contributed by atoms with E-state index in [1.165, 1.54) is 22.0 Å². The fourth-order valence-electron chi connectivity index (χ4n) is 2.70. The van der Waals surface area contributed by atoms with Crippen LogP contribution in [0.2, 0.25) is 0 Å². The van der Waals surface area contributed by atoms with E-state index in [0.717, 1.165) is 23.4 Å². The van der Waals surface area contributed by atoms with Crippen LogP contribution in [-0.2, 0) is 4.79 Å². The third kappa shape index (κ3) is 6.05. The average molecular weight is 439 g/mol. The van der Waals surface area contributed by atoms with Crippen molar-refractivity contribution < 1.29 is 4.79 Å². The Balaban J connectivity index is 1.53. The summed E-state index contributed by atoms with van der Waals surface area (Å²) in [6.07, 6.45) is 4.47. The number of hydrogen-bond acceptors (Lipinski definition) is 8. The van der Waals surface area contributed by atoms with Crippen molar-refractivity contribution in [3.05, 3.63) is 59.9 Å². The summed E-state index contributed by atoms with van der Waals surface area (Å²) in [7, 11) is 0. The number of hydrogen-bond donors (Lipinski definition) is 3. The highest BCUT2D eigenvalue weighted by Crippen LogP contribution is 2.21. The van der Waals surface area contributed by atoms with E-state index < -0.39 is 0 Å². The molecule has 1 atom stereocenters. The molecule has 1 amide bonds. The molecule has 0 spiro atoms. The van der Waals surface area contributed by atoms with Crippen LogP contribution in [0.4, 0.5) is 11.6 Å². The number of nitrogens with zero attached hydrogens (tertiary/aromatic N) is 5. The third-order valence-corrected chi connectivity index (χ3v) is 5.74. The molecule has 0 fully saturated rings. The molecule has 3 rings (SSSR count). The molecule has 0 radical (unpaired) electrons. The van der Waals surface area contributed by atoms with Gasteiger partial charge in [0.25, 0.3) is 5.95 Å². The lowest BCUT2D eigenvalue weighted by Crippen LogP contribution is -2.17. The lowest BCUT2D eigenvalue weighted by atomic mass is 9.99. The highest BCUT2D eigenvalue weighted by atomic mass is 32.2. The minimum Gasteiger partial charge on any atom is -0.334 e. The highest BCUT2D eigenvalue weighted by molar-refractivity contribution is 7.99. The molecule has 0 aliphatic carbocycles. The third-order valence-electron chi connectivity index (χ3n) is 4.79. The Hall–Kier alpha value is -3.40. The van der Waals surface area contributed by atoms with Gasteiger partial charge in [0.1, 0.15) is 0 Å². The molecule has 4 N–H and O–H groups in total. The predicted molar refractivity (Wildman–Crippen MR) is 125 cm³/mol. The van der Waals surface area contributed by atoms with E-state index in [-0.39, 0.29) is 17.6 Å². The van der Waals surface area contributed by atoms with Gasteiger partial charge in [-0.1, -0.05) is 37.7 Å². The monoisotopic (exact) mass is 438 g/mol. The van der Waals surface area contributed by atoms with Crippen LogP contribution >= 0.6 is 11.8 Å². The van der Waals surface area contributed by atoms with E-state index in [0.29, 0.717) is 11.1 Å². The maximum atomic E-state index is 12.3. The smallest absolute Gasteiger partial charge is 0.264 e. The summed E-state index contributed by atoms with van der Waals surface area (Å²) in [5.74, 6) is 6.80. The summed E-state index contributed by atoms with van der Waals surface area (Å²) in [5.41, 5.74) is 6.49. The van der Waals surface area contributed by atoms with Gasteiger partial charge in [-0.3, -0.25) is 9.78 Å². The zero-order valence-electron chi connectivity index (χ0n) is 17.7. The number of nitrogens with one attached hydrogen (secondary N) is 2. The van der Waals surface area contributed by atoms with Gasteiger partial charge in [-0.2, -0.15) is 5.10 Å². The number of carbonyl (C=O) groups is 1. The van der Waals surface area contributed by atoms with E-state index in [2.05, 4.69) is 44.9 Å². The van der Waals surface area contributed by atoms with Gasteiger partial charge < -0.3 is 11.2 Å². The van der Waals surface area contributed by atoms with Crippen LogP contribution in [0.5, 0.6) is 0 Å². The van der Waals surface area contributed by atoms with Gasteiger partial charge in [0.2, 0.25) is 11.1 Å².